The molecule has 1 saturated heterocycles. The van der Waals surface area contributed by atoms with Crippen LogP contribution in [0, 0.1) is 0 Å². The molecular formula is C27H26F5N7O4S. The van der Waals surface area contributed by atoms with Crippen molar-refractivity contribution in [1.82, 2.24) is 29.2 Å². The van der Waals surface area contributed by atoms with Gasteiger partial charge in [-0.25, -0.2) is 21.7 Å². The normalized spacial score (nSPS) is 16.7. The molecule has 1 aliphatic rings. The number of alkyl halides is 5. The molecule has 0 unspecified atom stereocenters. The highest BCUT2D eigenvalue weighted by Crippen LogP contribution is 2.31. The van der Waals surface area contributed by atoms with E-state index in [2.05, 4.69) is 25.1 Å². The third-order valence-electron chi connectivity index (χ3n) is 7.04. The van der Waals surface area contributed by atoms with Crippen LogP contribution in [-0.2, 0) is 27.3 Å². The third kappa shape index (κ3) is 6.72. The second-order valence-corrected chi connectivity index (χ2v) is 11.8. The Labute approximate surface area is 248 Å². The Bertz CT molecular complexity index is 1730. The molecule has 1 amide bonds. The minimum Gasteiger partial charge on any atom is -0.406 e. The molecule has 5 rings (SSSR count). The summed E-state index contributed by atoms with van der Waals surface area (Å²) in [5.74, 6) is -3.57. The number of piperazine rings is 1. The van der Waals surface area contributed by atoms with Gasteiger partial charge in [0.25, 0.3) is 11.7 Å². The van der Waals surface area contributed by atoms with E-state index in [0.717, 1.165) is 28.6 Å². The van der Waals surface area contributed by atoms with Crippen molar-refractivity contribution in [3.63, 3.8) is 0 Å². The Morgan fingerprint density at radius 3 is 2.39 bits per heavy atom. The molecule has 0 spiro atoms. The van der Waals surface area contributed by atoms with Crippen LogP contribution in [-0.4, -0.2) is 70.3 Å². The van der Waals surface area contributed by atoms with E-state index in [1.165, 1.54) is 42.0 Å². The summed E-state index contributed by atoms with van der Waals surface area (Å²) in [6.45, 7) is 1.13. The molecule has 3 heterocycles. The van der Waals surface area contributed by atoms with Crippen LogP contribution in [0.15, 0.2) is 72.0 Å². The molecule has 1 N–H and O–H groups in total. The average molecular weight is 640 g/mol. The summed E-state index contributed by atoms with van der Waals surface area (Å²) in [7, 11) is -4.38. The van der Waals surface area contributed by atoms with Gasteiger partial charge in [0.2, 0.25) is 15.9 Å². The summed E-state index contributed by atoms with van der Waals surface area (Å²) in [5.41, 5.74) is 0.342. The maximum absolute atomic E-state index is 14.0. The minimum absolute atomic E-state index is 0.0748. The molecule has 0 radical (unpaired) electrons. The number of hydrogen-bond acceptors (Lipinski definition) is 8. The summed E-state index contributed by atoms with van der Waals surface area (Å²) >= 11 is 0. The van der Waals surface area contributed by atoms with Gasteiger partial charge in [-0.2, -0.15) is 19.4 Å². The number of benzene rings is 2. The highest BCUT2D eigenvalue weighted by Gasteiger charge is 2.41. The summed E-state index contributed by atoms with van der Waals surface area (Å²) in [6.07, 6.45) is -2.41. The van der Waals surface area contributed by atoms with Crippen LogP contribution in [0.25, 0.3) is 5.78 Å². The zero-order valence-corrected chi connectivity index (χ0v) is 23.9. The fourth-order valence-electron chi connectivity index (χ4n) is 4.68. The Kier molecular flexibility index (Phi) is 8.44. The van der Waals surface area contributed by atoms with Crippen molar-refractivity contribution in [1.29, 1.82) is 0 Å². The first-order valence-electron chi connectivity index (χ1n) is 13.3. The van der Waals surface area contributed by atoms with Gasteiger partial charge < -0.3 is 15.0 Å². The van der Waals surface area contributed by atoms with Crippen LogP contribution < -0.4 is 15.0 Å². The Balaban J connectivity index is 1.39. The predicted molar refractivity (Wildman–Crippen MR) is 146 cm³/mol. The van der Waals surface area contributed by atoms with Crippen molar-refractivity contribution in [3.8, 4) is 5.75 Å². The molecule has 1 fully saturated rings. The number of hydrogen-bond donors (Lipinski definition) is 1. The van der Waals surface area contributed by atoms with Crippen LogP contribution in [0.4, 0.5) is 27.8 Å². The van der Waals surface area contributed by atoms with E-state index >= 15 is 0 Å². The van der Waals surface area contributed by atoms with Crippen molar-refractivity contribution in [2.24, 2.45) is 0 Å². The van der Waals surface area contributed by atoms with E-state index in [0.29, 0.717) is 11.4 Å². The van der Waals surface area contributed by atoms with Gasteiger partial charge in [-0.15, -0.1) is 13.2 Å². The van der Waals surface area contributed by atoms with Crippen LogP contribution in [0.1, 0.15) is 24.5 Å². The molecule has 1 aliphatic heterocycles. The molecular weight excluding hydrogens is 613 g/mol. The van der Waals surface area contributed by atoms with Crippen LogP contribution >= 0.6 is 0 Å². The number of fused-ring (bicyclic) bond motifs is 1. The minimum atomic E-state index is -4.96. The van der Waals surface area contributed by atoms with Crippen LogP contribution in [0.3, 0.4) is 0 Å². The second-order valence-electron chi connectivity index (χ2n) is 9.86. The molecule has 0 saturated carbocycles. The number of halogens is 5. The number of anilines is 1. The Hall–Kier alpha value is -4.38. The van der Waals surface area contributed by atoms with Crippen molar-refractivity contribution >= 4 is 27.5 Å². The van der Waals surface area contributed by atoms with Crippen LogP contribution in [0.5, 0.6) is 5.75 Å². The summed E-state index contributed by atoms with van der Waals surface area (Å²) in [4.78, 5) is 23.4. The molecule has 2 aromatic carbocycles. The largest absolute Gasteiger partial charge is 0.573 e. The molecule has 1 atom stereocenters. The van der Waals surface area contributed by atoms with E-state index in [1.807, 2.05) is 0 Å². The van der Waals surface area contributed by atoms with Crippen molar-refractivity contribution < 1.29 is 39.9 Å². The number of ether oxygens (including phenoxy) is 1. The monoisotopic (exact) mass is 639 g/mol. The zero-order valence-electron chi connectivity index (χ0n) is 23.1. The number of nitrogens with one attached hydrogen (secondary N) is 1. The summed E-state index contributed by atoms with van der Waals surface area (Å²) in [5, 5.41) is 6.66. The highest BCUT2D eigenvalue weighted by atomic mass is 32.2. The lowest BCUT2D eigenvalue weighted by atomic mass is 10.0. The Morgan fingerprint density at radius 2 is 1.73 bits per heavy atom. The van der Waals surface area contributed by atoms with E-state index in [-0.39, 0.29) is 48.8 Å². The number of carbonyl (C=O) groups is 1. The van der Waals surface area contributed by atoms with Gasteiger partial charge in [-0.05, 0) is 35.9 Å². The van der Waals surface area contributed by atoms with Gasteiger partial charge in [-0.1, -0.05) is 31.2 Å². The van der Waals surface area contributed by atoms with E-state index in [1.54, 1.807) is 17.2 Å². The summed E-state index contributed by atoms with van der Waals surface area (Å²) < 4.78 is 99.3. The molecule has 234 valence electrons. The van der Waals surface area contributed by atoms with Crippen LogP contribution in [0.2, 0.25) is 0 Å². The molecule has 17 heteroatoms. The molecule has 2 aromatic heterocycles. The molecule has 44 heavy (non-hydrogen) atoms. The lowest BCUT2D eigenvalue weighted by molar-refractivity contribution is -0.274. The quantitative estimate of drug-likeness (QED) is 0.275. The van der Waals surface area contributed by atoms with Gasteiger partial charge in [-0.3, -0.25) is 4.79 Å². The lowest BCUT2D eigenvalue weighted by Crippen LogP contribution is -2.60. The van der Waals surface area contributed by atoms with E-state index in [9.17, 15) is 35.2 Å². The predicted octanol–water partition coefficient (Wildman–Crippen LogP) is 3.72. The van der Waals surface area contributed by atoms with Gasteiger partial charge in [0.15, 0.2) is 0 Å². The topological polar surface area (TPSA) is 122 Å². The fourth-order valence-corrected chi connectivity index (χ4v) is 6.25. The van der Waals surface area contributed by atoms with Gasteiger partial charge >= 0.3 is 6.36 Å². The SMILES string of the molecule is CCC(F)(F)c1ccc(CNC(=O)[C@H]2CN(c3ccn4ncnc4n3)CCN2S(=O)(=O)c2ccc(OC(F)(F)F)cc2)cc1. The maximum Gasteiger partial charge on any atom is 0.573 e. The average Bonchev–Trinajstić information content (AvgIpc) is 3.47. The first-order chi connectivity index (χ1) is 20.8. The smallest absolute Gasteiger partial charge is 0.406 e. The molecule has 0 aliphatic carbocycles. The molecule has 4 aromatic rings. The van der Waals surface area contributed by atoms with Crippen molar-refractivity contribution in [2.45, 2.75) is 43.1 Å². The Morgan fingerprint density at radius 1 is 1.02 bits per heavy atom. The first-order valence-corrected chi connectivity index (χ1v) is 14.7. The van der Waals surface area contributed by atoms with Gasteiger partial charge in [0.1, 0.15) is 23.9 Å². The molecule has 0 bridgehead atoms. The van der Waals surface area contributed by atoms with Crippen molar-refractivity contribution in [2.75, 3.05) is 24.5 Å². The van der Waals surface area contributed by atoms with E-state index in [4.69, 9.17) is 0 Å². The number of aromatic nitrogens is 4. The maximum atomic E-state index is 14.0. The van der Waals surface area contributed by atoms with Gasteiger partial charge in [0.05, 0.1) is 4.90 Å². The number of nitrogens with zero attached hydrogens (tertiary/aromatic N) is 6. The standard InChI is InChI=1S/C27H26F5N7O4S/c1-2-26(28,29)19-5-3-18(4-6-19)15-33-24(40)22-16-37(23-11-12-38-25(36-23)34-17-35-38)13-14-39(22)44(41,42)21-9-7-20(8-10-21)43-27(30,31)32/h3-12,17,22H,2,13-16H2,1H3,(H,33,40)/t22-/m1/s1. The van der Waals surface area contributed by atoms with Crippen molar-refractivity contribution in [3.05, 3.63) is 78.2 Å². The summed E-state index contributed by atoms with van der Waals surface area (Å²) in [6, 6.07) is 9.44. The number of sulfonamides is 1. The zero-order chi connectivity index (χ0) is 31.7. The lowest BCUT2D eigenvalue weighted by Gasteiger charge is -2.40. The number of amides is 1. The molecule has 11 nitrogen and oxygen atoms in total. The highest BCUT2D eigenvalue weighted by molar-refractivity contribution is 7.89. The second kappa shape index (κ2) is 12.0. The fraction of sp³-hybridized carbons (Fsp3) is 0.333. The third-order valence-corrected chi connectivity index (χ3v) is 8.96. The van der Waals surface area contributed by atoms with Gasteiger partial charge in [0, 0.05) is 44.4 Å². The number of carbonyl (C=O) groups excluding carboxylic acids is 1. The first kappa shape index (κ1) is 31.1. The van der Waals surface area contributed by atoms with E-state index < -0.39 is 40.0 Å². The number of rotatable bonds is 9.